The van der Waals surface area contributed by atoms with Crippen LogP contribution in [0.15, 0.2) is 89.8 Å². The van der Waals surface area contributed by atoms with Crippen molar-refractivity contribution >= 4 is 27.7 Å². The molecule has 3 aromatic carbocycles. The van der Waals surface area contributed by atoms with Gasteiger partial charge in [-0.05, 0) is 68.0 Å². The van der Waals surface area contributed by atoms with Crippen molar-refractivity contribution in [2.24, 2.45) is 0 Å². The SMILES string of the molecule is CCCN(C(CO)CCCC(C)NC(=O)C(NC(=O)OC)C(c1ccccc1)c1ccccc1)S(=O)(=O)c1ccc(N)cc1. The van der Waals surface area contributed by atoms with E-state index < -0.39 is 34.1 Å². The summed E-state index contributed by atoms with van der Waals surface area (Å²) in [5, 5.41) is 15.9. The van der Waals surface area contributed by atoms with Crippen molar-refractivity contribution in [3.63, 3.8) is 0 Å². The van der Waals surface area contributed by atoms with E-state index in [1.165, 1.54) is 35.7 Å². The Morgan fingerprint density at radius 2 is 1.48 bits per heavy atom. The fourth-order valence-corrected chi connectivity index (χ4v) is 7.01. The van der Waals surface area contributed by atoms with Crippen LogP contribution in [0.2, 0.25) is 0 Å². The smallest absolute Gasteiger partial charge is 0.407 e. The van der Waals surface area contributed by atoms with E-state index in [0.29, 0.717) is 31.4 Å². The number of benzene rings is 3. The minimum Gasteiger partial charge on any atom is -0.453 e. The topological polar surface area (TPSA) is 151 Å². The Bertz CT molecular complexity index is 1380. The number of nitrogens with one attached hydrogen (secondary N) is 2. The number of nitrogens with zero attached hydrogens (tertiary/aromatic N) is 1. The van der Waals surface area contributed by atoms with Gasteiger partial charge >= 0.3 is 6.09 Å². The first-order valence-electron chi connectivity index (χ1n) is 14.8. The number of rotatable bonds is 16. The fraction of sp³-hybridized carbons (Fsp3) is 0.394. The van der Waals surface area contributed by atoms with Crippen LogP contribution in [0.1, 0.15) is 56.6 Å². The summed E-state index contributed by atoms with van der Waals surface area (Å²) in [6.45, 7) is 3.66. The van der Waals surface area contributed by atoms with Crippen molar-refractivity contribution in [1.82, 2.24) is 14.9 Å². The summed E-state index contributed by atoms with van der Waals surface area (Å²) in [5.41, 5.74) is 7.91. The van der Waals surface area contributed by atoms with E-state index in [4.69, 9.17) is 10.5 Å². The second-order valence-electron chi connectivity index (χ2n) is 10.8. The first-order chi connectivity index (χ1) is 21.1. The molecule has 2 amide bonds. The number of nitrogen functional groups attached to an aromatic ring is 1. The van der Waals surface area contributed by atoms with Gasteiger partial charge in [-0.25, -0.2) is 13.2 Å². The third kappa shape index (κ3) is 9.28. The zero-order valence-corrected chi connectivity index (χ0v) is 26.4. The molecule has 3 atom stereocenters. The maximum absolute atomic E-state index is 13.7. The number of alkyl carbamates (subject to hydrolysis) is 1. The molecule has 5 N–H and O–H groups in total. The summed E-state index contributed by atoms with van der Waals surface area (Å²) in [5.74, 6) is -0.860. The molecule has 0 heterocycles. The van der Waals surface area contributed by atoms with Gasteiger partial charge < -0.3 is 26.2 Å². The third-order valence-corrected chi connectivity index (χ3v) is 9.47. The molecule has 0 aliphatic carbocycles. The molecule has 0 spiro atoms. The lowest BCUT2D eigenvalue weighted by Crippen LogP contribution is -2.52. The first-order valence-corrected chi connectivity index (χ1v) is 16.3. The molecule has 0 bridgehead atoms. The summed E-state index contributed by atoms with van der Waals surface area (Å²) < 4.78 is 33.1. The summed E-state index contributed by atoms with van der Waals surface area (Å²) in [6.07, 6.45) is 1.32. The lowest BCUT2D eigenvalue weighted by atomic mass is 9.84. The van der Waals surface area contributed by atoms with Crippen molar-refractivity contribution in [1.29, 1.82) is 0 Å². The summed E-state index contributed by atoms with van der Waals surface area (Å²) >= 11 is 0. The Morgan fingerprint density at radius 1 is 0.909 bits per heavy atom. The van der Waals surface area contributed by atoms with Gasteiger partial charge in [-0.3, -0.25) is 4.79 Å². The van der Waals surface area contributed by atoms with Crippen LogP contribution in [0.5, 0.6) is 0 Å². The lowest BCUT2D eigenvalue weighted by Gasteiger charge is -2.30. The number of aliphatic hydroxyl groups is 1. The predicted octanol–water partition coefficient (Wildman–Crippen LogP) is 4.26. The van der Waals surface area contributed by atoms with Crippen LogP contribution in [0.25, 0.3) is 0 Å². The highest BCUT2D eigenvalue weighted by atomic mass is 32.2. The number of carbonyl (C=O) groups excluding carboxylic acids is 2. The van der Waals surface area contributed by atoms with E-state index in [1.807, 2.05) is 74.5 Å². The Morgan fingerprint density at radius 3 is 1.98 bits per heavy atom. The van der Waals surface area contributed by atoms with Crippen LogP contribution in [-0.4, -0.2) is 68.2 Å². The highest BCUT2D eigenvalue weighted by Crippen LogP contribution is 2.29. The van der Waals surface area contributed by atoms with Crippen LogP contribution in [0.3, 0.4) is 0 Å². The van der Waals surface area contributed by atoms with Gasteiger partial charge in [-0.15, -0.1) is 0 Å². The Hall–Kier alpha value is -3.93. The van der Waals surface area contributed by atoms with E-state index in [-0.39, 0.29) is 30.0 Å². The average molecular weight is 625 g/mol. The second-order valence-corrected chi connectivity index (χ2v) is 12.7. The van der Waals surface area contributed by atoms with Gasteiger partial charge in [0.25, 0.3) is 0 Å². The largest absolute Gasteiger partial charge is 0.453 e. The van der Waals surface area contributed by atoms with Gasteiger partial charge in [-0.1, -0.05) is 67.6 Å². The number of anilines is 1. The van der Waals surface area contributed by atoms with Crippen LogP contribution in [-0.2, 0) is 19.6 Å². The molecule has 3 aromatic rings. The number of ether oxygens (including phenoxy) is 1. The number of aliphatic hydroxyl groups excluding tert-OH is 1. The van der Waals surface area contributed by atoms with Crippen molar-refractivity contribution in [2.75, 3.05) is 26.0 Å². The number of nitrogens with two attached hydrogens (primary N) is 1. The quantitative estimate of drug-likeness (QED) is 0.174. The molecule has 0 saturated carbocycles. The van der Waals surface area contributed by atoms with Crippen molar-refractivity contribution in [2.45, 2.75) is 68.5 Å². The van der Waals surface area contributed by atoms with Gasteiger partial charge in [0.2, 0.25) is 15.9 Å². The molecule has 0 aliphatic rings. The number of carbonyl (C=O) groups is 2. The minimum atomic E-state index is -3.85. The molecule has 0 saturated heterocycles. The van der Waals surface area contributed by atoms with Crippen molar-refractivity contribution < 1.29 is 27.9 Å². The minimum absolute atomic E-state index is 0.120. The van der Waals surface area contributed by atoms with Gasteiger partial charge in [0.05, 0.1) is 18.6 Å². The Balaban J connectivity index is 1.73. The van der Waals surface area contributed by atoms with Crippen LogP contribution in [0, 0.1) is 0 Å². The Labute approximate surface area is 260 Å². The first kappa shape index (κ1) is 34.6. The molecule has 10 nitrogen and oxygen atoms in total. The van der Waals surface area contributed by atoms with Crippen LogP contribution >= 0.6 is 0 Å². The van der Waals surface area contributed by atoms with E-state index in [2.05, 4.69) is 10.6 Å². The molecule has 238 valence electrons. The van der Waals surface area contributed by atoms with Gasteiger partial charge in [0.1, 0.15) is 6.04 Å². The maximum Gasteiger partial charge on any atom is 0.407 e. The maximum atomic E-state index is 13.7. The summed E-state index contributed by atoms with van der Waals surface area (Å²) in [6, 6.07) is 23.1. The number of hydrogen-bond donors (Lipinski definition) is 4. The normalized spacial score (nSPS) is 13.7. The average Bonchev–Trinajstić information content (AvgIpc) is 3.03. The molecule has 0 aliphatic heterocycles. The molecule has 0 radical (unpaired) electrons. The van der Waals surface area contributed by atoms with Gasteiger partial charge in [0, 0.05) is 30.2 Å². The standard InChI is InChI=1S/C33H44N4O6S/c1-4-22-37(44(41,42)29-20-18-27(34)19-21-29)28(23-38)17-11-12-24(2)35-32(39)31(36-33(40)43-3)30(25-13-7-5-8-14-25)26-15-9-6-10-16-26/h5-10,13-16,18-21,24,28,30-31,38H,4,11-12,17,22-23,34H2,1-3H3,(H,35,39)(H,36,40). The molecule has 0 fully saturated rings. The van der Waals surface area contributed by atoms with Crippen LogP contribution in [0.4, 0.5) is 10.5 Å². The fourth-order valence-electron chi connectivity index (χ4n) is 5.27. The lowest BCUT2D eigenvalue weighted by molar-refractivity contribution is -0.124. The molecular formula is C33H44N4O6S. The summed E-state index contributed by atoms with van der Waals surface area (Å²) in [7, 11) is -2.60. The van der Waals surface area contributed by atoms with Crippen molar-refractivity contribution in [3.8, 4) is 0 Å². The second kappa shape index (κ2) is 16.8. The molecular weight excluding hydrogens is 580 g/mol. The molecule has 44 heavy (non-hydrogen) atoms. The third-order valence-electron chi connectivity index (χ3n) is 7.50. The zero-order chi connectivity index (χ0) is 32.1. The number of amides is 2. The zero-order valence-electron chi connectivity index (χ0n) is 25.6. The molecule has 3 unspecified atom stereocenters. The molecule has 0 aromatic heterocycles. The highest BCUT2D eigenvalue weighted by molar-refractivity contribution is 7.89. The predicted molar refractivity (Wildman–Crippen MR) is 171 cm³/mol. The van der Waals surface area contributed by atoms with Crippen LogP contribution < -0.4 is 16.4 Å². The molecule has 3 rings (SSSR count). The highest BCUT2D eigenvalue weighted by Gasteiger charge is 2.34. The molecule has 11 heteroatoms. The summed E-state index contributed by atoms with van der Waals surface area (Å²) in [4.78, 5) is 26.2. The number of sulfonamides is 1. The monoisotopic (exact) mass is 624 g/mol. The van der Waals surface area contributed by atoms with E-state index in [0.717, 1.165) is 11.1 Å². The van der Waals surface area contributed by atoms with E-state index in [9.17, 15) is 23.1 Å². The number of hydrogen-bond acceptors (Lipinski definition) is 7. The van der Waals surface area contributed by atoms with Gasteiger partial charge in [-0.2, -0.15) is 4.31 Å². The number of methoxy groups -OCH3 is 1. The Kier molecular flexibility index (Phi) is 13.2. The van der Waals surface area contributed by atoms with Crippen molar-refractivity contribution in [3.05, 3.63) is 96.1 Å². The van der Waals surface area contributed by atoms with Gasteiger partial charge in [0.15, 0.2) is 0 Å². The van der Waals surface area contributed by atoms with E-state index >= 15 is 0 Å². The van der Waals surface area contributed by atoms with E-state index in [1.54, 1.807) is 0 Å².